The van der Waals surface area contributed by atoms with Crippen molar-refractivity contribution in [2.75, 3.05) is 27.4 Å². The second-order valence-electron chi connectivity index (χ2n) is 3.94. The summed E-state index contributed by atoms with van der Waals surface area (Å²) >= 11 is 3.29. The molecule has 0 aromatic heterocycles. The highest BCUT2D eigenvalue weighted by Crippen LogP contribution is 2.39. The fraction of sp³-hybridized carbons (Fsp3) is 0.500. The van der Waals surface area contributed by atoms with E-state index in [0.29, 0.717) is 21.5 Å². The maximum absolute atomic E-state index is 12.0. The molecule has 0 saturated heterocycles. The molecule has 1 aromatic rings. The van der Waals surface area contributed by atoms with Crippen LogP contribution in [0.5, 0.6) is 11.5 Å². The van der Waals surface area contributed by atoms with E-state index in [0.717, 1.165) is 0 Å². The SMILES string of the molecule is COc1ccc(C(N)COCC(F)(F)F)c(OC)c1Br. The van der Waals surface area contributed by atoms with Crippen LogP contribution in [0, 0.1) is 0 Å². The van der Waals surface area contributed by atoms with E-state index in [4.69, 9.17) is 15.2 Å². The molecule has 1 atom stereocenters. The molecule has 2 N–H and O–H groups in total. The Hall–Kier alpha value is -0.990. The zero-order chi connectivity index (χ0) is 15.3. The highest BCUT2D eigenvalue weighted by Gasteiger charge is 2.28. The summed E-state index contributed by atoms with van der Waals surface area (Å²) in [5.74, 6) is 0.946. The summed E-state index contributed by atoms with van der Waals surface area (Å²) in [7, 11) is 2.93. The Kier molecular flexibility index (Phi) is 6.09. The average Bonchev–Trinajstić information content (AvgIpc) is 2.36. The Labute approximate surface area is 123 Å². The summed E-state index contributed by atoms with van der Waals surface area (Å²) in [4.78, 5) is 0. The fourth-order valence-electron chi connectivity index (χ4n) is 1.60. The normalized spacial score (nSPS) is 13.2. The number of methoxy groups -OCH3 is 2. The lowest BCUT2D eigenvalue weighted by molar-refractivity contribution is -0.174. The van der Waals surface area contributed by atoms with Crippen LogP contribution in [0.4, 0.5) is 13.2 Å². The molecule has 1 rings (SSSR count). The highest BCUT2D eigenvalue weighted by molar-refractivity contribution is 9.10. The van der Waals surface area contributed by atoms with Crippen LogP contribution < -0.4 is 15.2 Å². The summed E-state index contributed by atoms with van der Waals surface area (Å²) in [6, 6.07) is 2.53. The second-order valence-corrected chi connectivity index (χ2v) is 4.73. The smallest absolute Gasteiger partial charge is 0.411 e. The molecule has 114 valence electrons. The molecule has 0 aliphatic carbocycles. The molecule has 1 aromatic carbocycles. The lowest BCUT2D eigenvalue weighted by Gasteiger charge is -2.18. The van der Waals surface area contributed by atoms with E-state index < -0.39 is 18.8 Å². The molecule has 4 nitrogen and oxygen atoms in total. The number of alkyl halides is 3. The summed E-state index contributed by atoms with van der Waals surface area (Å²) in [6.07, 6.45) is -4.37. The van der Waals surface area contributed by atoms with Crippen molar-refractivity contribution in [2.24, 2.45) is 5.73 Å². The average molecular weight is 358 g/mol. The van der Waals surface area contributed by atoms with Crippen LogP contribution in [0.25, 0.3) is 0 Å². The van der Waals surface area contributed by atoms with Crippen molar-refractivity contribution in [1.29, 1.82) is 0 Å². The van der Waals surface area contributed by atoms with E-state index in [9.17, 15) is 13.2 Å². The maximum Gasteiger partial charge on any atom is 0.411 e. The van der Waals surface area contributed by atoms with E-state index in [1.807, 2.05) is 0 Å². The number of hydrogen-bond donors (Lipinski definition) is 1. The molecule has 20 heavy (non-hydrogen) atoms. The topological polar surface area (TPSA) is 53.7 Å². The molecule has 0 spiro atoms. The van der Waals surface area contributed by atoms with Gasteiger partial charge in [0, 0.05) is 5.56 Å². The van der Waals surface area contributed by atoms with Gasteiger partial charge in [-0.25, -0.2) is 0 Å². The van der Waals surface area contributed by atoms with Crippen molar-refractivity contribution < 1.29 is 27.4 Å². The van der Waals surface area contributed by atoms with Gasteiger partial charge in [-0.1, -0.05) is 0 Å². The van der Waals surface area contributed by atoms with Gasteiger partial charge in [0.25, 0.3) is 0 Å². The van der Waals surface area contributed by atoms with E-state index in [2.05, 4.69) is 20.7 Å². The molecule has 0 amide bonds. The lowest BCUT2D eigenvalue weighted by atomic mass is 10.1. The minimum atomic E-state index is -4.37. The predicted octanol–water partition coefficient (Wildman–Crippen LogP) is 3.05. The van der Waals surface area contributed by atoms with Crippen molar-refractivity contribution in [1.82, 2.24) is 0 Å². The van der Waals surface area contributed by atoms with Crippen LogP contribution in [0.3, 0.4) is 0 Å². The van der Waals surface area contributed by atoms with Crippen molar-refractivity contribution in [3.05, 3.63) is 22.2 Å². The van der Waals surface area contributed by atoms with E-state index in [1.165, 1.54) is 14.2 Å². The number of halogens is 4. The summed E-state index contributed by atoms with van der Waals surface area (Å²) in [5.41, 5.74) is 6.36. The highest BCUT2D eigenvalue weighted by atomic mass is 79.9. The number of nitrogens with two attached hydrogens (primary N) is 1. The Bertz CT molecular complexity index is 454. The monoisotopic (exact) mass is 357 g/mol. The van der Waals surface area contributed by atoms with Crippen molar-refractivity contribution in [3.8, 4) is 11.5 Å². The molecule has 0 aliphatic rings. The third-order valence-corrected chi connectivity index (χ3v) is 3.23. The van der Waals surface area contributed by atoms with Gasteiger partial charge in [-0.15, -0.1) is 0 Å². The zero-order valence-electron chi connectivity index (χ0n) is 11.0. The van der Waals surface area contributed by atoms with E-state index >= 15 is 0 Å². The van der Waals surface area contributed by atoms with Crippen molar-refractivity contribution >= 4 is 15.9 Å². The third-order valence-electron chi connectivity index (χ3n) is 2.48. The molecular formula is C12H15BrF3NO3. The maximum atomic E-state index is 12.0. The molecule has 0 aliphatic heterocycles. The minimum Gasteiger partial charge on any atom is -0.495 e. The molecule has 0 bridgehead atoms. The first-order valence-electron chi connectivity index (χ1n) is 5.60. The van der Waals surface area contributed by atoms with Crippen LogP contribution >= 0.6 is 15.9 Å². The van der Waals surface area contributed by atoms with Crippen LogP contribution in [0.1, 0.15) is 11.6 Å². The Morgan fingerprint density at radius 1 is 1.25 bits per heavy atom. The lowest BCUT2D eigenvalue weighted by Crippen LogP contribution is -2.23. The van der Waals surface area contributed by atoms with E-state index in [-0.39, 0.29) is 6.61 Å². The second kappa shape index (κ2) is 7.14. The van der Waals surface area contributed by atoms with Gasteiger partial charge in [0.05, 0.1) is 26.9 Å². The number of hydrogen-bond acceptors (Lipinski definition) is 4. The van der Waals surface area contributed by atoms with Gasteiger partial charge in [-0.2, -0.15) is 13.2 Å². The Morgan fingerprint density at radius 3 is 2.40 bits per heavy atom. The van der Waals surface area contributed by atoms with Gasteiger partial charge < -0.3 is 19.9 Å². The summed E-state index contributed by atoms with van der Waals surface area (Å²) < 4.78 is 51.4. The standard InChI is InChI=1S/C12H15BrF3NO3/c1-18-9-4-3-7(11(19-2)10(9)13)8(17)5-20-6-12(14,15)16/h3-4,8H,5-6,17H2,1-2H3. The quantitative estimate of drug-likeness (QED) is 0.850. The van der Waals surface area contributed by atoms with Gasteiger partial charge in [0.15, 0.2) is 0 Å². The first-order valence-corrected chi connectivity index (χ1v) is 6.40. The number of ether oxygens (including phenoxy) is 3. The van der Waals surface area contributed by atoms with Gasteiger partial charge in [0.1, 0.15) is 22.6 Å². The minimum absolute atomic E-state index is 0.269. The van der Waals surface area contributed by atoms with Crippen LogP contribution in [-0.2, 0) is 4.74 Å². The van der Waals surface area contributed by atoms with Crippen molar-refractivity contribution in [3.63, 3.8) is 0 Å². The van der Waals surface area contributed by atoms with Crippen LogP contribution in [0.15, 0.2) is 16.6 Å². The number of rotatable bonds is 6. The zero-order valence-corrected chi connectivity index (χ0v) is 12.5. The first-order chi connectivity index (χ1) is 9.30. The molecular weight excluding hydrogens is 343 g/mol. The molecule has 0 fully saturated rings. The molecule has 0 heterocycles. The molecule has 0 radical (unpaired) electrons. The van der Waals surface area contributed by atoms with Gasteiger partial charge in [0.2, 0.25) is 0 Å². The largest absolute Gasteiger partial charge is 0.495 e. The number of benzene rings is 1. The van der Waals surface area contributed by atoms with Gasteiger partial charge in [-0.05, 0) is 28.1 Å². The fourth-order valence-corrected chi connectivity index (χ4v) is 2.29. The summed E-state index contributed by atoms with van der Waals surface area (Å²) in [6.45, 7) is -1.60. The molecule has 1 unspecified atom stereocenters. The molecule has 0 saturated carbocycles. The predicted molar refractivity (Wildman–Crippen MR) is 71.0 cm³/mol. The van der Waals surface area contributed by atoms with E-state index in [1.54, 1.807) is 12.1 Å². The van der Waals surface area contributed by atoms with Crippen molar-refractivity contribution in [2.45, 2.75) is 12.2 Å². The summed E-state index contributed by atoms with van der Waals surface area (Å²) in [5, 5.41) is 0. The van der Waals surface area contributed by atoms with Crippen LogP contribution in [-0.4, -0.2) is 33.6 Å². The van der Waals surface area contributed by atoms with Crippen LogP contribution in [0.2, 0.25) is 0 Å². The van der Waals surface area contributed by atoms with Gasteiger partial charge >= 0.3 is 6.18 Å². The molecule has 8 heteroatoms. The first kappa shape index (κ1) is 17.1. The third kappa shape index (κ3) is 4.53. The Morgan fingerprint density at radius 2 is 1.90 bits per heavy atom. The van der Waals surface area contributed by atoms with Gasteiger partial charge in [-0.3, -0.25) is 0 Å². The Balaban J connectivity index is 2.82.